The summed E-state index contributed by atoms with van der Waals surface area (Å²) >= 11 is 0. The molecule has 1 N–H and O–H groups in total. The maximum absolute atomic E-state index is 11.5. The van der Waals surface area contributed by atoms with Gasteiger partial charge in [-0.2, -0.15) is 8.42 Å². The van der Waals surface area contributed by atoms with Gasteiger partial charge in [0.05, 0.1) is 14.4 Å². The number of allylic oxidation sites excluding steroid dienone is 1. The normalized spacial score (nSPS) is 12.4. The second-order valence-corrected chi connectivity index (χ2v) is 8.00. The third-order valence-electron chi connectivity index (χ3n) is 2.79. The van der Waals surface area contributed by atoms with E-state index >= 15 is 0 Å². The summed E-state index contributed by atoms with van der Waals surface area (Å²) in [5.74, 6) is 0.550. The van der Waals surface area contributed by atoms with Gasteiger partial charge in [-0.25, -0.2) is 0 Å². The molecule has 0 bridgehead atoms. The molecule has 0 spiro atoms. The molecular weight excluding hydrogens is 264 g/mol. The van der Waals surface area contributed by atoms with Crippen LogP contribution in [0.4, 0.5) is 0 Å². The first-order valence-corrected chi connectivity index (χ1v) is 9.20. The van der Waals surface area contributed by atoms with Crippen LogP contribution in [0.15, 0.2) is 35.7 Å². The number of benzene rings is 1. The first-order valence-electron chi connectivity index (χ1n) is 6.05. The molecule has 0 amide bonds. The lowest BCUT2D eigenvalue weighted by Gasteiger charge is -2.12. The zero-order chi connectivity index (χ0) is 13.8. The first-order chi connectivity index (χ1) is 8.36. The van der Waals surface area contributed by atoms with Crippen LogP contribution in [0.1, 0.15) is 19.4 Å². The quantitative estimate of drug-likeness (QED) is 0.490. The zero-order valence-electron chi connectivity index (χ0n) is 10.9. The zero-order valence-corrected chi connectivity index (χ0v) is 13.1. The van der Waals surface area contributed by atoms with E-state index in [-0.39, 0.29) is 4.90 Å². The Labute approximate surface area is 111 Å². The topological polar surface area (TPSA) is 54.4 Å². The summed E-state index contributed by atoms with van der Waals surface area (Å²) in [6, 6.07) is 6.44. The van der Waals surface area contributed by atoms with Crippen molar-refractivity contribution in [2.45, 2.75) is 31.2 Å². The number of hydrogen-bond acceptors (Lipinski definition) is 2. The molecule has 0 aliphatic heterocycles. The minimum Gasteiger partial charge on any atom is -0.282 e. The molecule has 5 heteroatoms. The maximum Gasteiger partial charge on any atom is 0.294 e. The van der Waals surface area contributed by atoms with Crippen LogP contribution in [0.3, 0.4) is 0 Å². The summed E-state index contributed by atoms with van der Waals surface area (Å²) in [7, 11) is -4.83. The molecule has 0 unspecified atom stereocenters. The van der Waals surface area contributed by atoms with E-state index in [9.17, 15) is 13.0 Å². The maximum atomic E-state index is 11.5. The van der Waals surface area contributed by atoms with Crippen molar-refractivity contribution in [1.29, 1.82) is 0 Å². The van der Waals surface area contributed by atoms with Gasteiger partial charge in [-0.3, -0.25) is 4.55 Å². The van der Waals surface area contributed by atoms with Gasteiger partial charge in [0.2, 0.25) is 0 Å². The van der Waals surface area contributed by atoms with Gasteiger partial charge in [-0.15, -0.1) is 6.58 Å². The Morgan fingerprint density at radius 1 is 1.44 bits per heavy atom. The standard InChI is InChI=1S/C13H20O3SSi/c1-4-6-11-7-5-8-12(18-9-10(2)3)13(11)17(14,15)16/h4-5,7-8,10H,1,6,9,18H2,2-3H3,(H,14,15,16). The van der Waals surface area contributed by atoms with Crippen LogP contribution in [0, 0.1) is 5.92 Å². The summed E-state index contributed by atoms with van der Waals surface area (Å²) in [6.45, 7) is 7.86. The highest BCUT2D eigenvalue weighted by molar-refractivity contribution is 7.86. The Hall–Kier alpha value is -0.913. The average molecular weight is 284 g/mol. The molecular formula is C13H20O3SSi. The van der Waals surface area contributed by atoms with Crippen molar-refractivity contribution in [3.8, 4) is 0 Å². The monoisotopic (exact) mass is 284 g/mol. The third-order valence-corrected chi connectivity index (χ3v) is 6.66. The summed E-state index contributed by atoms with van der Waals surface area (Å²) in [4.78, 5) is 0.122. The Morgan fingerprint density at radius 3 is 2.61 bits per heavy atom. The molecule has 0 atom stereocenters. The predicted octanol–water partition coefficient (Wildman–Crippen LogP) is 1.53. The SMILES string of the molecule is C=CCc1cccc([SiH2]CC(C)C)c1S(=O)(=O)O. The molecule has 0 aromatic heterocycles. The van der Waals surface area contributed by atoms with Crippen molar-refractivity contribution in [1.82, 2.24) is 0 Å². The summed E-state index contributed by atoms with van der Waals surface area (Å²) in [5.41, 5.74) is 0.640. The van der Waals surface area contributed by atoms with Crippen molar-refractivity contribution in [2.75, 3.05) is 0 Å². The molecule has 100 valence electrons. The third kappa shape index (κ3) is 4.08. The van der Waals surface area contributed by atoms with Gasteiger partial charge in [-0.05, 0) is 23.1 Å². The van der Waals surface area contributed by atoms with Crippen molar-refractivity contribution >= 4 is 24.8 Å². The van der Waals surface area contributed by atoms with Gasteiger partial charge in [-0.1, -0.05) is 44.2 Å². The Morgan fingerprint density at radius 2 is 2.11 bits per heavy atom. The van der Waals surface area contributed by atoms with Crippen LogP contribution in [-0.4, -0.2) is 22.5 Å². The Balaban J connectivity index is 3.24. The molecule has 0 fully saturated rings. The molecule has 0 aliphatic carbocycles. The van der Waals surface area contributed by atoms with Crippen molar-refractivity contribution in [3.63, 3.8) is 0 Å². The van der Waals surface area contributed by atoms with Gasteiger partial charge in [0.1, 0.15) is 0 Å². The van der Waals surface area contributed by atoms with Crippen LogP contribution in [0.2, 0.25) is 6.04 Å². The largest absolute Gasteiger partial charge is 0.294 e. The van der Waals surface area contributed by atoms with Crippen LogP contribution >= 0.6 is 0 Å². The lowest BCUT2D eigenvalue weighted by atomic mass is 10.1. The number of rotatable bonds is 6. The first kappa shape index (κ1) is 15.1. The smallest absolute Gasteiger partial charge is 0.282 e. The van der Waals surface area contributed by atoms with Gasteiger partial charge in [0.15, 0.2) is 0 Å². The second-order valence-electron chi connectivity index (χ2n) is 4.81. The fourth-order valence-electron chi connectivity index (χ4n) is 1.93. The molecule has 0 heterocycles. The number of hydrogen-bond donors (Lipinski definition) is 1. The fraction of sp³-hybridized carbons (Fsp3) is 0.385. The van der Waals surface area contributed by atoms with Crippen LogP contribution in [0.25, 0.3) is 0 Å². The van der Waals surface area contributed by atoms with Gasteiger partial charge in [0.25, 0.3) is 10.1 Å². The van der Waals surface area contributed by atoms with E-state index in [1.165, 1.54) is 0 Å². The van der Waals surface area contributed by atoms with Crippen LogP contribution in [0.5, 0.6) is 0 Å². The minimum absolute atomic E-state index is 0.122. The van der Waals surface area contributed by atoms with E-state index in [2.05, 4.69) is 20.4 Å². The fourth-order valence-corrected chi connectivity index (χ4v) is 5.31. The molecule has 0 saturated carbocycles. The lowest BCUT2D eigenvalue weighted by Crippen LogP contribution is -2.24. The van der Waals surface area contributed by atoms with Crippen molar-refractivity contribution in [2.24, 2.45) is 5.92 Å². The van der Waals surface area contributed by atoms with E-state index in [4.69, 9.17) is 0 Å². The van der Waals surface area contributed by atoms with E-state index in [0.717, 1.165) is 11.2 Å². The summed E-state index contributed by atoms with van der Waals surface area (Å²) < 4.78 is 32.5. The predicted molar refractivity (Wildman–Crippen MR) is 78.0 cm³/mol. The average Bonchev–Trinajstić information content (AvgIpc) is 2.25. The highest BCUT2D eigenvalue weighted by Gasteiger charge is 2.19. The highest BCUT2D eigenvalue weighted by Crippen LogP contribution is 2.15. The second kappa shape index (κ2) is 6.31. The molecule has 1 rings (SSSR count). The van der Waals surface area contributed by atoms with E-state index < -0.39 is 19.6 Å². The van der Waals surface area contributed by atoms with Crippen LogP contribution in [-0.2, 0) is 16.5 Å². The summed E-state index contributed by atoms with van der Waals surface area (Å²) in [6.07, 6.45) is 2.11. The van der Waals surface area contributed by atoms with Gasteiger partial charge in [0, 0.05) is 0 Å². The van der Waals surface area contributed by atoms with Gasteiger partial charge >= 0.3 is 0 Å². The summed E-state index contributed by atoms with van der Waals surface area (Å²) in [5, 5.41) is 0.825. The minimum atomic E-state index is -4.15. The molecule has 0 saturated heterocycles. The van der Waals surface area contributed by atoms with Crippen molar-refractivity contribution < 1.29 is 13.0 Å². The molecule has 0 radical (unpaired) electrons. The van der Waals surface area contributed by atoms with E-state index in [1.54, 1.807) is 12.1 Å². The molecule has 3 nitrogen and oxygen atoms in total. The van der Waals surface area contributed by atoms with Gasteiger partial charge < -0.3 is 0 Å². The molecule has 1 aromatic rings. The van der Waals surface area contributed by atoms with E-state index in [1.807, 2.05) is 12.1 Å². The lowest BCUT2D eigenvalue weighted by molar-refractivity contribution is 0.483. The molecule has 18 heavy (non-hydrogen) atoms. The highest BCUT2D eigenvalue weighted by atomic mass is 32.2. The Bertz CT molecular complexity index is 521. The van der Waals surface area contributed by atoms with Crippen molar-refractivity contribution in [3.05, 3.63) is 36.4 Å². The Kier molecular flexibility index (Phi) is 5.31. The molecule has 0 aliphatic rings. The van der Waals surface area contributed by atoms with Crippen LogP contribution < -0.4 is 5.19 Å². The van der Waals surface area contributed by atoms with E-state index in [0.29, 0.717) is 17.9 Å². The molecule has 1 aromatic carbocycles.